The monoisotopic (exact) mass is 225 g/mol. The molecule has 2 unspecified atom stereocenters. The van der Waals surface area contributed by atoms with E-state index in [2.05, 4.69) is 4.74 Å². The van der Waals surface area contributed by atoms with Gasteiger partial charge in [-0.2, -0.15) is 0 Å². The molecule has 0 aliphatic carbocycles. The molecule has 0 aromatic heterocycles. The molecule has 1 fully saturated rings. The quantitative estimate of drug-likeness (QED) is 0.593. The van der Waals surface area contributed by atoms with E-state index in [0.717, 1.165) is 0 Å². The first-order chi connectivity index (χ1) is 7.63. The van der Waals surface area contributed by atoms with Crippen LogP contribution in [0.3, 0.4) is 0 Å². The summed E-state index contributed by atoms with van der Waals surface area (Å²) in [5.74, 6) is -0.406. The lowest BCUT2D eigenvalue weighted by molar-refractivity contribution is -0.156. The number of morpholine rings is 1. The molecule has 0 radical (unpaired) electrons. The first-order valence-corrected chi connectivity index (χ1v) is 5.34. The Morgan fingerprint density at radius 1 is 1.62 bits per heavy atom. The van der Waals surface area contributed by atoms with Gasteiger partial charge in [-0.15, -0.1) is 0 Å². The summed E-state index contributed by atoms with van der Waals surface area (Å²) in [6.45, 7) is 3.17. The molecule has 2 aliphatic heterocycles. The molecule has 5 nitrogen and oxygen atoms in total. The number of carbonyl (C=O) groups is 2. The van der Waals surface area contributed by atoms with Crippen LogP contribution >= 0.6 is 0 Å². The molecule has 88 valence electrons. The molecule has 1 saturated heterocycles. The van der Waals surface area contributed by atoms with Gasteiger partial charge in [0.1, 0.15) is 0 Å². The summed E-state index contributed by atoms with van der Waals surface area (Å²) in [7, 11) is 1.32. The van der Waals surface area contributed by atoms with Crippen LogP contribution in [0.25, 0.3) is 0 Å². The average Bonchev–Trinajstić information content (AvgIpc) is 2.27. The lowest BCUT2D eigenvalue weighted by Gasteiger charge is -2.41. The third-order valence-corrected chi connectivity index (χ3v) is 2.97. The Morgan fingerprint density at radius 3 is 3.06 bits per heavy atom. The molecule has 2 atom stereocenters. The SMILES string of the molecule is COC(=O)C1OCCN2C1=CC(=O)CC2C. The maximum Gasteiger partial charge on any atom is 0.341 e. The topological polar surface area (TPSA) is 55.8 Å². The van der Waals surface area contributed by atoms with Crippen LogP contribution < -0.4 is 0 Å². The molecule has 16 heavy (non-hydrogen) atoms. The number of allylic oxidation sites excluding steroid dienone is 1. The summed E-state index contributed by atoms with van der Waals surface area (Å²) in [4.78, 5) is 25.0. The van der Waals surface area contributed by atoms with Crippen molar-refractivity contribution in [1.82, 2.24) is 4.90 Å². The zero-order valence-corrected chi connectivity index (χ0v) is 9.43. The Hall–Kier alpha value is -1.36. The summed E-state index contributed by atoms with van der Waals surface area (Å²) in [5.41, 5.74) is 0.641. The standard InChI is InChI=1S/C11H15NO4/c1-7-5-8(13)6-9-10(11(14)15-2)16-4-3-12(7)9/h6-7,10H,3-5H2,1-2H3. The van der Waals surface area contributed by atoms with Crippen LogP contribution in [0.5, 0.6) is 0 Å². The number of ketones is 1. The number of esters is 1. The molecular formula is C11H15NO4. The number of hydrogen-bond acceptors (Lipinski definition) is 5. The van der Waals surface area contributed by atoms with Gasteiger partial charge >= 0.3 is 5.97 Å². The molecule has 2 heterocycles. The number of rotatable bonds is 1. The third kappa shape index (κ3) is 1.82. The lowest BCUT2D eigenvalue weighted by Crippen LogP contribution is -2.50. The molecule has 0 saturated carbocycles. The van der Waals surface area contributed by atoms with Crippen LogP contribution in [-0.2, 0) is 19.1 Å². The van der Waals surface area contributed by atoms with Crippen LogP contribution in [0.15, 0.2) is 11.8 Å². The van der Waals surface area contributed by atoms with Crippen molar-refractivity contribution < 1.29 is 19.1 Å². The van der Waals surface area contributed by atoms with E-state index in [-0.39, 0.29) is 11.8 Å². The van der Waals surface area contributed by atoms with E-state index in [9.17, 15) is 9.59 Å². The molecular weight excluding hydrogens is 210 g/mol. The van der Waals surface area contributed by atoms with Gasteiger partial charge < -0.3 is 14.4 Å². The van der Waals surface area contributed by atoms with Gasteiger partial charge in [-0.05, 0) is 6.92 Å². The molecule has 2 rings (SSSR count). The largest absolute Gasteiger partial charge is 0.467 e. The van der Waals surface area contributed by atoms with E-state index in [1.54, 1.807) is 0 Å². The Kier molecular flexibility index (Phi) is 2.96. The Balaban J connectivity index is 2.29. The summed E-state index contributed by atoms with van der Waals surface area (Å²) in [6, 6.07) is 0.128. The number of fused-ring (bicyclic) bond motifs is 1. The van der Waals surface area contributed by atoms with Crippen molar-refractivity contribution in [2.45, 2.75) is 25.5 Å². The first kappa shape index (κ1) is 11.1. The summed E-state index contributed by atoms with van der Waals surface area (Å²) < 4.78 is 10.0. The minimum atomic E-state index is -0.745. The van der Waals surface area contributed by atoms with Crippen molar-refractivity contribution in [3.8, 4) is 0 Å². The highest BCUT2D eigenvalue weighted by molar-refractivity contribution is 5.93. The normalized spacial score (nSPS) is 29.5. The van der Waals surface area contributed by atoms with Crippen LogP contribution in [-0.4, -0.2) is 49.1 Å². The molecule has 0 aromatic carbocycles. The third-order valence-electron chi connectivity index (χ3n) is 2.97. The molecule has 0 spiro atoms. The zero-order chi connectivity index (χ0) is 11.7. The maximum atomic E-state index is 11.5. The van der Waals surface area contributed by atoms with Gasteiger partial charge in [-0.3, -0.25) is 4.79 Å². The highest BCUT2D eigenvalue weighted by atomic mass is 16.6. The second kappa shape index (κ2) is 4.25. The van der Waals surface area contributed by atoms with Crippen LogP contribution in [0.2, 0.25) is 0 Å². The van der Waals surface area contributed by atoms with Crippen molar-refractivity contribution in [2.75, 3.05) is 20.3 Å². The number of hydrogen-bond donors (Lipinski definition) is 0. The minimum Gasteiger partial charge on any atom is -0.467 e. The number of nitrogens with zero attached hydrogens (tertiary/aromatic N) is 1. The Morgan fingerprint density at radius 2 is 2.38 bits per heavy atom. The van der Waals surface area contributed by atoms with Gasteiger partial charge in [0.15, 0.2) is 11.9 Å². The van der Waals surface area contributed by atoms with Crippen molar-refractivity contribution in [3.63, 3.8) is 0 Å². The van der Waals surface area contributed by atoms with Gasteiger partial charge in [-0.25, -0.2) is 4.79 Å². The zero-order valence-electron chi connectivity index (χ0n) is 9.43. The summed E-state index contributed by atoms with van der Waals surface area (Å²) >= 11 is 0. The van der Waals surface area contributed by atoms with E-state index in [1.165, 1.54) is 13.2 Å². The molecule has 5 heteroatoms. The second-order valence-corrected chi connectivity index (χ2v) is 4.06. The summed E-state index contributed by atoms with van der Waals surface area (Å²) in [6.07, 6.45) is 1.25. The average molecular weight is 225 g/mol. The highest BCUT2D eigenvalue weighted by Crippen LogP contribution is 2.26. The summed E-state index contributed by atoms with van der Waals surface area (Å²) in [5, 5.41) is 0. The van der Waals surface area contributed by atoms with Crippen molar-refractivity contribution in [3.05, 3.63) is 11.8 Å². The Labute approximate surface area is 94.0 Å². The predicted octanol–water partition coefficient (Wildman–Crippen LogP) is 0.105. The molecule has 0 aromatic rings. The predicted molar refractivity (Wildman–Crippen MR) is 55.6 cm³/mol. The first-order valence-electron chi connectivity index (χ1n) is 5.34. The minimum absolute atomic E-state index is 0.0400. The number of carbonyl (C=O) groups excluding carboxylic acids is 2. The van der Waals surface area contributed by atoms with Gasteiger partial charge in [0.05, 0.1) is 19.4 Å². The fraction of sp³-hybridized carbons (Fsp3) is 0.636. The number of ether oxygens (including phenoxy) is 2. The number of methoxy groups -OCH3 is 1. The van der Waals surface area contributed by atoms with Crippen molar-refractivity contribution in [1.29, 1.82) is 0 Å². The molecule has 0 amide bonds. The van der Waals surface area contributed by atoms with Gasteiger partial charge in [-0.1, -0.05) is 0 Å². The van der Waals surface area contributed by atoms with E-state index >= 15 is 0 Å². The van der Waals surface area contributed by atoms with Crippen LogP contribution in [0, 0.1) is 0 Å². The van der Waals surface area contributed by atoms with E-state index in [4.69, 9.17) is 4.74 Å². The van der Waals surface area contributed by atoms with E-state index in [0.29, 0.717) is 25.3 Å². The maximum absolute atomic E-state index is 11.5. The van der Waals surface area contributed by atoms with Gasteiger partial charge in [0, 0.05) is 25.1 Å². The van der Waals surface area contributed by atoms with E-state index < -0.39 is 12.1 Å². The molecule has 0 bridgehead atoms. The molecule has 0 N–H and O–H groups in total. The van der Waals surface area contributed by atoms with Gasteiger partial charge in [0.25, 0.3) is 0 Å². The van der Waals surface area contributed by atoms with Crippen LogP contribution in [0.4, 0.5) is 0 Å². The second-order valence-electron chi connectivity index (χ2n) is 4.06. The van der Waals surface area contributed by atoms with Gasteiger partial charge in [0.2, 0.25) is 0 Å². The van der Waals surface area contributed by atoms with Crippen LogP contribution in [0.1, 0.15) is 13.3 Å². The fourth-order valence-electron chi connectivity index (χ4n) is 2.19. The van der Waals surface area contributed by atoms with E-state index in [1.807, 2.05) is 11.8 Å². The van der Waals surface area contributed by atoms with Crippen molar-refractivity contribution in [2.24, 2.45) is 0 Å². The Bertz CT molecular complexity index is 350. The van der Waals surface area contributed by atoms with Crippen molar-refractivity contribution >= 4 is 11.8 Å². The fourth-order valence-corrected chi connectivity index (χ4v) is 2.19. The molecule has 2 aliphatic rings. The highest BCUT2D eigenvalue weighted by Gasteiger charge is 2.37. The lowest BCUT2D eigenvalue weighted by atomic mass is 9.99. The smallest absolute Gasteiger partial charge is 0.341 e.